The zero-order valence-electron chi connectivity index (χ0n) is 19.1. The summed E-state index contributed by atoms with van der Waals surface area (Å²) in [6.45, 7) is 1.00. The topological polar surface area (TPSA) is 101 Å². The second kappa shape index (κ2) is 11.3. The van der Waals surface area contributed by atoms with E-state index in [0.29, 0.717) is 30.0 Å². The number of para-hydroxylation sites is 1. The van der Waals surface area contributed by atoms with Crippen molar-refractivity contribution >= 4 is 40.8 Å². The lowest BCUT2D eigenvalue weighted by molar-refractivity contribution is 0.0947. The van der Waals surface area contributed by atoms with E-state index in [-0.39, 0.29) is 33.0 Å². The number of aromatic nitrogens is 3. The fourth-order valence-electron chi connectivity index (χ4n) is 3.38. The number of pyridine rings is 1. The van der Waals surface area contributed by atoms with Gasteiger partial charge in [0.25, 0.3) is 11.8 Å². The Morgan fingerprint density at radius 3 is 2.44 bits per heavy atom. The molecule has 8 nitrogen and oxygen atoms in total. The number of hydrogen-bond donors (Lipinski definition) is 3. The van der Waals surface area contributed by atoms with Crippen LogP contribution in [-0.2, 0) is 0 Å². The van der Waals surface area contributed by atoms with Crippen LogP contribution in [0.4, 0.5) is 10.2 Å². The van der Waals surface area contributed by atoms with Crippen molar-refractivity contribution < 1.29 is 14.0 Å². The molecule has 0 saturated heterocycles. The average molecular weight is 527 g/mol. The molecular weight excluding hydrogens is 506 g/mol. The van der Waals surface area contributed by atoms with Crippen LogP contribution in [0.1, 0.15) is 20.8 Å². The molecule has 3 N–H and O–H groups in total. The third-order valence-corrected chi connectivity index (χ3v) is 5.78. The summed E-state index contributed by atoms with van der Waals surface area (Å²) in [5, 5.41) is 13.2. The molecule has 4 rings (SSSR count). The van der Waals surface area contributed by atoms with Gasteiger partial charge in [-0.15, -0.1) is 0 Å². The molecule has 0 saturated carbocycles. The van der Waals surface area contributed by atoms with Crippen LogP contribution in [0, 0.1) is 5.82 Å². The molecule has 2 aromatic heterocycles. The van der Waals surface area contributed by atoms with Crippen molar-refractivity contribution in [3.63, 3.8) is 0 Å². The molecule has 2 amide bonds. The predicted molar refractivity (Wildman–Crippen MR) is 137 cm³/mol. The molecule has 11 heteroatoms. The molecule has 0 fully saturated rings. The van der Waals surface area contributed by atoms with Crippen molar-refractivity contribution in [1.82, 2.24) is 25.4 Å². The van der Waals surface area contributed by atoms with E-state index in [1.54, 1.807) is 19.2 Å². The van der Waals surface area contributed by atoms with Gasteiger partial charge in [0.05, 0.1) is 33.2 Å². The number of benzene rings is 2. The number of hydrogen-bond acceptors (Lipinski definition) is 5. The summed E-state index contributed by atoms with van der Waals surface area (Å²) in [5.74, 6) is -1.18. The van der Waals surface area contributed by atoms with Gasteiger partial charge in [0.1, 0.15) is 11.6 Å². The van der Waals surface area contributed by atoms with Crippen LogP contribution >= 0.6 is 23.2 Å². The summed E-state index contributed by atoms with van der Waals surface area (Å²) in [4.78, 5) is 29.9. The number of anilines is 1. The third kappa shape index (κ3) is 5.71. The molecule has 4 aromatic rings. The fourth-order valence-corrected chi connectivity index (χ4v) is 3.94. The molecule has 0 unspecified atom stereocenters. The summed E-state index contributed by atoms with van der Waals surface area (Å²) in [6.07, 6.45) is 1.06. The molecule has 0 aliphatic rings. The maximum Gasteiger partial charge on any atom is 0.271 e. The molecule has 0 bridgehead atoms. The molecule has 0 radical (unpaired) electrons. The minimum Gasteiger partial charge on any atom is -0.349 e. The van der Waals surface area contributed by atoms with E-state index in [4.69, 9.17) is 23.2 Å². The Bertz CT molecular complexity index is 1390. The molecule has 36 heavy (non-hydrogen) atoms. The molecule has 0 spiro atoms. The van der Waals surface area contributed by atoms with Crippen LogP contribution in [0.15, 0.2) is 66.9 Å². The number of halogens is 3. The molecule has 0 atom stereocenters. The largest absolute Gasteiger partial charge is 0.349 e. The first-order chi connectivity index (χ1) is 17.4. The minimum absolute atomic E-state index is 0.110. The monoisotopic (exact) mass is 526 g/mol. The molecular formula is C25H21Cl2FN6O2. The van der Waals surface area contributed by atoms with Crippen LogP contribution in [0.2, 0.25) is 10.0 Å². The Balaban J connectivity index is 1.68. The predicted octanol–water partition coefficient (Wildman–Crippen LogP) is 4.58. The first kappa shape index (κ1) is 25.3. The van der Waals surface area contributed by atoms with Crippen LogP contribution in [0.25, 0.3) is 16.9 Å². The van der Waals surface area contributed by atoms with E-state index in [2.05, 4.69) is 26.0 Å². The second-order valence-corrected chi connectivity index (χ2v) is 8.46. The van der Waals surface area contributed by atoms with E-state index in [1.807, 2.05) is 18.2 Å². The highest BCUT2D eigenvalue weighted by molar-refractivity contribution is 6.38. The Labute approximate surface area is 216 Å². The molecule has 184 valence electrons. The number of nitrogens with one attached hydrogen (secondary N) is 3. The quantitative estimate of drug-likeness (QED) is 0.291. The molecule has 2 heterocycles. The normalized spacial score (nSPS) is 10.8. The molecule has 0 aliphatic carbocycles. The van der Waals surface area contributed by atoms with E-state index >= 15 is 0 Å². The van der Waals surface area contributed by atoms with Gasteiger partial charge in [-0.2, -0.15) is 5.10 Å². The van der Waals surface area contributed by atoms with Crippen molar-refractivity contribution in [2.75, 3.05) is 25.5 Å². The summed E-state index contributed by atoms with van der Waals surface area (Å²) in [6, 6.07) is 16.1. The highest BCUT2D eigenvalue weighted by Crippen LogP contribution is 2.32. The van der Waals surface area contributed by atoms with Crippen LogP contribution in [-0.4, -0.2) is 46.7 Å². The number of amides is 2. The van der Waals surface area contributed by atoms with Crippen LogP contribution < -0.4 is 16.0 Å². The summed E-state index contributed by atoms with van der Waals surface area (Å²) < 4.78 is 14.8. The summed E-state index contributed by atoms with van der Waals surface area (Å²) >= 11 is 12.7. The van der Waals surface area contributed by atoms with Gasteiger partial charge in [-0.05, 0) is 43.4 Å². The number of likely N-dealkylation sites (N-methyl/N-ethyl adjacent to an activating group) is 1. The zero-order chi connectivity index (χ0) is 25.7. The van der Waals surface area contributed by atoms with E-state index in [0.717, 1.165) is 6.20 Å². The second-order valence-electron chi connectivity index (χ2n) is 7.65. The van der Waals surface area contributed by atoms with Gasteiger partial charge in [-0.3, -0.25) is 14.6 Å². The summed E-state index contributed by atoms with van der Waals surface area (Å²) in [7, 11) is 1.78. The highest BCUT2D eigenvalue weighted by atomic mass is 35.5. The van der Waals surface area contributed by atoms with Crippen molar-refractivity contribution in [3.8, 4) is 16.9 Å². The van der Waals surface area contributed by atoms with Gasteiger partial charge in [0.15, 0.2) is 5.69 Å². The van der Waals surface area contributed by atoms with Crippen molar-refractivity contribution in [2.24, 2.45) is 0 Å². The van der Waals surface area contributed by atoms with Gasteiger partial charge in [-0.1, -0.05) is 41.4 Å². The number of carbonyl (C=O) groups is 2. The molecule has 0 aliphatic heterocycles. The highest BCUT2D eigenvalue weighted by Gasteiger charge is 2.20. The van der Waals surface area contributed by atoms with Gasteiger partial charge < -0.3 is 16.0 Å². The van der Waals surface area contributed by atoms with E-state index in [9.17, 15) is 14.0 Å². The van der Waals surface area contributed by atoms with Crippen molar-refractivity contribution in [3.05, 3.63) is 94.0 Å². The number of rotatable bonds is 8. The fraction of sp³-hybridized carbons (Fsp3) is 0.120. The summed E-state index contributed by atoms with van der Waals surface area (Å²) in [5.41, 5.74) is 1.67. The standard InChI is InChI=1S/C25H21Cl2FN6O2/c1-29-9-10-30-25(36)22-13-23(34(33-22)16-5-3-2-4-6-16)32-24(35)18-11-17(19(26)12-20(18)27)21-8-7-15(28)14-31-21/h2-8,11-14,29H,9-10H2,1H3,(H,30,36)(H,32,35). The van der Waals surface area contributed by atoms with Crippen LogP contribution in [0.5, 0.6) is 0 Å². The minimum atomic E-state index is -0.556. The van der Waals surface area contributed by atoms with Crippen LogP contribution in [0.3, 0.4) is 0 Å². The smallest absolute Gasteiger partial charge is 0.271 e. The lowest BCUT2D eigenvalue weighted by Gasteiger charge is -2.12. The maximum atomic E-state index is 13.3. The zero-order valence-corrected chi connectivity index (χ0v) is 20.6. The first-order valence-electron chi connectivity index (χ1n) is 10.9. The Kier molecular flexibility index (Phi) is 7.94. The Hall–Kier alpha value is -3.79. The van der Waals surface area contributed by atoms with E-state index in [1.165, 1.54) is 35.0 Å². The maximum absolute atomic E-state index is 13.3. The van der Waals surface area contributed by atoms with Crippen molar-refractivity contribution in [1.29, 1.82) is 0 Å². The average Bonchev–Trinajstić information content (AvgIpc) is 3.29. The lowest BCUT2D eigenvalue weighted by Crippen LogP contribution is -2.30. The van der Waals surface area contributed by atoms with Gasteiger partial charge in [0, 0.05) is 24.7 Å². The number of nitrogens with zero attached hydrogens (tertiary/aromatic N) is 3. The van der Waals surface area contributed by atoms with E-state index < -0.39 is 11.7 Å². The number of carbonyl (C=O) groups excluding carboxylic acids is 2. The molecule has 2 aromatic carbocycles. The Morgan fingerprint density at radius 2 is 1.75 bits per heavy atom. The van der Waals surface area contributed by atoms with Gasteiger partial charge in [0.2, 0.25) is 0 Å². The van der Waals surface area contributed by atoms with Gasteiger partial charge >= 0.3 is 0 Å². The Morgan fingerprint density at radius 1 is 0.972 bits per heavy atom. The third-order valence-electron chi connectivity index (χ3n) is 5.15. The first-order valence-corrected chi connectivity index (χ1v) is 11.6. The van der Waals surface area contributed by atoms with Crippen molar-refractivity contribution in [2.45, 2.75) is 0 Å². The van der Waals surface area contributed by atoms with Gasteiger partial charge in [-0.25, -0.2) is 9.07 Å². The SMILES string of the molecule is CNCCNC(=O)c1cc(NC(=O)c2cc(-c3ccc(F)cn3)c(Cl)cc2Cl)n(-c2ccccc2)n1. The lowest BCUT2D eigenvalue weighted by atomic mass is 10.1.